The monoisotopic (exact) mass is 299 g/mol. The summed E-state index contributed by atoms with van der Waals surface area (Å²) in [6.45, 7) is 3.14. The number of amides is 1. The smallest absolute Gasteiger partial charge is 0.246 e. The number of hydrogen-bond donors (Lipinski definition) is 0. The summed E-state index contributed by atoms with van der Waals surface area (Å²) in [6.07, 6.45) is 4.40. The first-order valence-corrected chi connectivity index (χ1v) is 7.90. The van der Waals surface area contributed by atoms with Crippen molar-refractivity contribution in [3.8, 4) is 11.4 Å². The number of likely N-dealkylation sites (tertiary alicyclic amines) is 1. The van der Waals surface area contributed by atoms with E-state index in [1.807, 2.05) is 35.2 Å². The van der Waals surface area contributed by atoms with Crippen molar-refractivity contribution < 1.29 is 4.79 Å². The first-order chi connectivity index (χ1) is 10.8. The van der Waals surface area contributed by atoms with Gasteiger partial charge < -0.3 is 4.90 Å². The number of carbonyl (C=O) groups is 1. The average molecular weight is 299 g/mol. The highest BCUT2D eigenvalue weighted by atomic mass is 16.2. The fourth-order valence-corrected chi connectivity index (χ4v) is 2.98. The van der Waals surface area contributed by atoms with Crippen LogP contribution in [0.3, 0.4) is 0 Å². The highest BCUT2D eigenvalue weighted by molar-refractivity contribution is 5.76. The van der Waals surface area contributed by atoms with E-state index in [0.29, 0.717) is 11.9 Å². The van der Waals surface area contributed by atoms with Gasteiger partial charge in [-0.2, -0.15) is 4.80 Å². The highest BCUT2D eigenvalue weighted by Crippen LogP contribution is 2.20. The van der Waals surface area contributed by atoms with Gasteiger partial charge in [-0.15, -0.1) is 10.2 Å². The molecule has 1 aromatic carbocycles. The van der Waals surface area contributed by atoms with Gasteiger partial charge in [-0.25, -0.2) is 0 Å². The van der Waals surface area contributed by atoms with Crippen molar-refractivity contribution in [3.63, 3.8) is 0 Å². The lowest BCUT2D eigenvalue weighted by atomic mass is 10.00. The Morgan fingerprint density at radius 2 is 2.09 bits per heavy atom. The second-order valence-corrected chi connectivity index (χ2v) is 5.65. The van der Waals surface area contributed by atoms with Gasteiger partial charge in [0.15, 0.2) is 0 Å². The predicted octanol–water partition coefficient (Wildman–Crippen LogP) is 2.13. The molecule has 22 heavy (non-hydrogen) atoms. The average Bonchev–Trinajstić information content (AvgIpc) is 3.04. The third kappa shape index (κ3) is 3.16. The van der Waals surface area contributed by atoms with E-state index in [2.05, 4.69) is 22.3 Å². The molecule has 1 aliphatic heterocycles. The van der Waals surface area contributed by atoms with Crippen LogP contribution in [0.2, 0.25) is 0 Å². The van der Waals surface area contributed by atoms with E-state index in [9.17, 15) is 4.79 Å². The van der Waals surface area contributed by atoms with Gasteiger partial charge in [-0.1, -0.05) is 37.3 Å². The summed E-state index contributed by atoms with van der Waals surface area (Å²) in [5.41, 5.74) is 0.908. The van der Waals surface area contributed by atoms with Crippen LogP contribution in [0.1, 0.15) is 32.6 Å². The molecule has 2 aromatic rings. The predicted molar refractivity (Wildman–Crippen MR) is 82.9 cm³/mol. The summed E-state index contributed by atoms with van der Waals surface area (Å²) >= 11 is 0. The molecule has 3 rings (SSSR count). The molecule has 0 spiro atoms. The SMILES string of the molecule is CCC1CCCCN1C(=O)Cn1nnc(-c2ccccc2)n1. The zero-order valence-corrected chi connectivity index (χ0v) is 12.9. The van der Waals surface area contributed by atoms with E-state index in [4.69, 9.17) is 0 Å². The standard InChI is InChI=1S/C16H21N5O/c1-2-14-10-6-7-11-20(14)15(22)12-21-18-16(17-19-21)13-8-4-3-5-9-13/h3-5,8-9,14H,2,6-7,10-12H2,1H3. The molecule has 1 aliphatic rings. The fraction of sp³-hybridized carbons (Fsp3) is 0.500. The van der Waals surface area contributed by atoms with Gasteiger partial charge in [0.1, 0.15) is 6.54 Å². The van der Waals surface area contributed by atoms with Crippen molar-refractivity contribution in [1.82, 2.24) is 25.1 Å². The second-order valence-electron chi connectivity index (χ2n) is 5.65. The Hall–Kier alpha value is -2.24. The van der Waals surface area contributed by atoms with Crippen molar-refractivity contribution in [2.45, 2.75) is 45.2 Å². The van der Waals surface area contributed by atoms with Crippen LogP contribution in [0.4, 0.5) is 0 Å². The van der Waals surface area contributed by atoms with Crippen molar-refractivity contribution in [2.75, 3.05) is 6.54 Å². The minimum absolute atomic E-state index is 0.0866. The van der Waals surface area contributed by atoms with E-state index in [0.717, 1.165) is 31.4 Å². The van der Waals surface area contributed by atoms with Crippen molar-refractivity contribution >= 4 is 5.91 Å². The van der Waals surface area contributed by atoms with Crippen LogP contribution in [0.25, 0.3) is 11.4 Å². The van der Waals surface area contributed by atoms with Gasteiger partial charge >= 0.3 is 0 Å². The van der Waals surface area contributed by atoms with Crippen LogP contribution in [0.5, 0.6) is 0 Å². The molecule has 0 saturated carbocycles. The van der Waals surface area contributed by atoms with Crippen molar-refractivity contribution in [1.29, 1.82) is 0 Å². The first-order valence-electron chi connectivity index (χ1n) is 7.90. The quantitative estimate of drug-likeness (QED) is 0.867. The Bertz CT molecular complexity index is 624. The number of benzene rings is 1. The normalized spacial score (nSPS) is 18.4. The molecule has 2 heterocycles. The summed E-state index contributed by atoms with van der Waals surface area (Å²) in [4.78, 5) is 15.9. The molecule has 1 atom stereocenters. The van der Waals surface area contributed by atoms with Gasteiger partial charge in [0.2, 0.25) is 11.7 Å². The molecule has 0 bridgehead atoms. The van der Waals surface area contributed by atoms with E-state index in [-0.39, 0.29) is 12.5 Å². The summed E-state index contributed by atoms with van der Waals surface area (Å²) in [5, 5.41) is 12.4. The maximum atomic E-state index is 12.5. The topological polar surface area (TPSA) is 63.9 Å². The van der Waals surface area contributed by atoms with Crippen LogP contribution < -0.4 is 0 Å². The van der Waals surface area contributed by atoms with Crippen LogP contribution >= 0.6 is 0 Å². The van der Waals surface area contributed by atoms with E-state index >= 15 is 0 Å². The van der Waals surface area contributed by atoms with E-state index < -0.39 is 0 Å². The van der Waals surface area contributed by atoms with E-state index in [1.54, 1.807) is 0 Å². The lowest BCUT2D eigenvalue weighted by Gasteiger charge is -2.35. The van der Waals surface area contributed by atoms with Crippen LogP contribution in [0, 0.1) is 0 Å². The lowest BCUT2D eigenvalue weighted by molar-refractivity contribution is -0.136. The molecule has 0 N–H and O–H groups in total. The Kier molecular flexibility index (Phi) is 4.46. The molecule has 1 amide bonds. The lowest BCUT2D eigenvalue weighted by Crippen LogP contribution is -2.45. The number of tetrazole rings is 1. The number of rotatable bonds is 4. The molecule has 6 heteroatoms. The Morgan fingerprint density at radius 3 is 2.86 bits per heavy atom. The molecular weight excluding hydrogens is 278 g/mol. The first kappa shape index (κ1) is 14.7. The van der Waals surface area contributed by atoms with E-state index in [1.165, 1.54) is 11.2 Å². The van der Waals surface area contributed by atoms with Gasteiger partial charge in [0.25, 0.3) is 0 Å². The molecule has 1 saturated heterocycles. The Labute approximate surface area is 130 Å². The molecule has 116 valence electrons. The molecular formula is C16H21N5O. The minimum Gasteiger partial charge on any atom is -0.338 e. The zero-order valence-electron chi connectivity index (χ0n) is 12.9. The summed E-state index contributed by atoms with van der Waals surface area (Å²) in [5.74, 6) is 0.641. The second kappa shape index (κ2) is 6.68. The van der Waals surface area contributed by atoms with Crippen LogP contribution in [0.15, 0.2) is 30.3 Å². The minimum atomic E-state index is 0.0866. The maximum Gasteiger partial charge on any atom is 0.246 e. The van der Waals surface area contributed by atoms with Crippen molar-refractivity contribution in [3.05, 3.63) is 30.3 Å². The molecule has 0 aliphatic carbocycles. The Morgan fingerprint density at radius 1 is 1.27 bits per heavy atom. The Balaban J connectivity index is 1.68. The van der Waals surface area contributed by atoms with Gasteiger partial charge in [-0.05, 0) is 30.9 Å². The molecule has 1 fully saturated rings. The van der Waals surface area contributed by atoms with Crippen molar-refractivity contribution in [2.24, 2.45) is 0 Å². The number of piperidine rings is 1. The fourth-order valence-electron chi connectivity index (χ4n) is 2.98. The summed E-state index contributed by atoms with van der Waals surface area (Å²) in [6, 6.07) is 10.0. The van der Waals surface area contributed by atoms with Gasteiger partial charge in [0, 0.05) is 18.2 Å². The number of carbonyl (C=O) groups excluding carboxylic acids is 1. The largest absolute Gasteiger partial charge is 0.338 e. The summed E-state index contributed by atoms with van der Waals surface area (Å²) < 4.78 is 0. The third-order valence-corrected chi connectivity index (χ3v) is 4.18. The molecule has 1 aromatic heterocycles. The molecule has 1 unspecified atom stereocenters. The van der Waals surface area contributed by atoms with Gasteiger partial charge in [0.05, 0.1) is 0 Å². The molecule has 6 nitrogen and oxygen atoms in total. The third-order valence-electron chi connectivity index (χ3n) is 4.18. The summed E-state index contributed by atoms with van der Waals surface area (Å²) in [7, 11) is 0. The van der Waals surface area contributed by atoms with Crippen LogP contribution in [-0.4, -0.2) is 43.6 Å². The number of aromatic nitrogens is 4. The maximum absolute atomic E-state index is 12.5. The van der Waals surface area contributed by atoms with Gasteiger partial charge in [-0.3, -0.25) is 4.79 Å². The molecule has 0 radical (unpaired) electrons. The highest BCUT2D eigenvalue weighted by Gasteiger charge is 2.25. The number of nitrogens with zero attached hydrogens (tertiary/aromatic N) is 5. The number of hydrogen-bond acceptors (Lipinski definition) is 4. The van der Waals surface area contributed by atoms with Crippen LogP contribution in [-0.2, 0) is 11.3 Å². The zero-order chi connectivity index (χ0) is 15.4.